The Labute approximate surface area is 290 Å². The van der Waals surface area contributed by atoms with Gasteiger partial charge in [0.1, 0.15) is 28.0 Å². The Hall–Kier alpha value is -7.12. The molecule has 11 rings (SSSR count). The van der Waals surface area contributed by atoms with Crippen LogP contribution < -0.4 is 0 Å². The average Bonchev–Trinajstić information content (AvgIpc) is 3.87. The summed E-state index contributed by atoms with van der Waals surface area (Å²) in [5.41, 5.74) is 8.79. The predicted molar refractivity (Wildman–Crippen MR) is 203 cm³/mol. The number of para-hydroxylation sites is 1. The van der Waals surface area contributed by atoms with Crippen LogP contribution in [-0.2, 0) is 0 Å². The molecule has 0 amide bonds. The summed E-state index contributed by atoms with van der Waals surface area (Å²) in [5.74, 6) is 1.80. The molecule has 0 spiro atoms. The summed E-state index contributed by atoms with van der Waals surface area (Å²) in [5, 5.41) is 6.15. The summed E-state index contributed by atoms with van der Waals surface area (Å²) >= 11 is 0. The van der Waals surface area contributed by atoms with Crippen molar-refractivity contribution < 1.29 is 8.83 Å². The van der Waals surface area contributed by atoms with Gasteiger partial charge in [0.05, 0.1) is 10.9 Å². The van der Waals surface area contributed by atoms with Crippen LogP contribution in [0.5, 0.6) is 0 Å². The molecule has 238 valence electrons. The van der Waals surface area contributed by atoms with Gasteiger partial charge in [-0.15, -0.1) is 0 Å². The first kappa shape index (κ1) is 27.8. The van der Waals surface area contributed by atoms with E-state index in [-0.39, 0.29) is 0 Å². The number of nitrogens with zero attached hydrogens (tertiary/aromatic N) is 5. The van der Waals surface area contributed by atoms with Crippen LogP contribution in [-0.4, -0.2) is 24.5 Å². The fourth-order valence-corrected chi connectivity index (χ4v) is 7.44. The van der Waals surface area contributed by atoms with E-state index < -0.39 is 0 Å². The highest BCUT2D eigenvalue weighted by Crippen LogP contribution is 2.42. The van der Waals surface area contributed by atoms with Gasteiger partial charge in [0, 0.05) is 55.5 Å². The predicted octanol–water partition coefficient (Wildman–Crippen LogP) is 11.2. The molecule has 5 aromatic heterocycles. The SMILES string of the molecule is c1ccc(-c2nc(-c3ccccc3)nc(-c3cccc4oc5ccc(-n6c7ccc8c9ccccc9oc8c7c7cccnc76)cc5c34)n2)cc1. The molecule has 51 heavy (non-hydrogen) atoms. The standard InChI is InChI=1S/C44H25N5O2/c1-3-11-26(12-4-1)41-46-42(27-13-5-2-6-14-27)48-43(47-41)31-16-9-19-37-38(31)33-25-28(20-23-36(33)50-37)49-34-22-21-30-29-15-7-8-18-35(29)51-40(30)39(34)32-17-10-24-45-44(32)49/h1-25H. The van der Waals surface area contributed by atoms with Crippen molar-refractivity contribution in [3.05, 3.63) is 152 Å². The van der Waals surface area contributed by atoms with E-state index in [1.807, 2.05) is 109 Å². The Kier molecular flexibility index (Phi) is 5.83. The second kappa shape index (κ2) is 10.7. The zero-order chi connectivity index (χ0) is 33.5. The highest BCUT2D eigenvalue weighted by Gasteiger charge is 2.22. The maximum absolute atomic E-state index is 6.51. The van der Waals surface area contributed by atoms with Crippen LogP contribution in [0.15, 0.2) is 161 Å². The first-order valence-electron chi connectivity index (χ1n) is 16.8. The fourth-order valence-electron chi connectivity index (χ4n) is 7.44. The molecule has 0 unspecified atom stereocenters. The quantitative estimate of drug-likeness (QED) is 0.188. The number of hydrogen-bond donors (Lipinski definition) is 0. The Morgan fingerprint density at radius 1 is 0.451 bits per heavy atom. The molecule has 0 fully saturated rings. The molecule has 0 atom stereocenters. The van der Waals surface area contributed by atoms with Gasteiger partial charge in [-0.3, -0.25) is 4.57 Å². The molecule has 0 radical (unpaired) electrons. The summed E-state index contributed by atoms with van der Waals surface area (Å²) in [6.07, 6.45) is 1.84. The molecule has 6 aromatic carbocycles. The number of furan rings is 2. The highest BCUT2D eigenvalue weighted by atomic mass is 16.3. The van der Waals surface area contributed by atoms with Gasteiger partial charge in [0.15, 0.2) is 17.5 Å². The molecule has 0 saturated carbocycles. The van der Waals surface area contributed by atoms with Crippen LogP contribution in [0.3, 0.4) is 0 Å². The minimum absolute atomic E-state index is 0.576. The summed E-state index contributed by atoms with van der Waals surface area (Å²) in [6, 6.07) is 49.0. The summed E-state index contributed by atoms with van der Waals surface area (Å²) < 4.78 is 15.2. The zero-order valence-electron chi connectivity index (χ0n) is 27.0. The van der Waals surface area contributed by atoms with E-state index in [1.54, 1.807) is 0 Å². The Bertz CT molecular complexity index is 3080. The van der Waals surface area contributed by atoms with Gasteiger partial charge >= 0.3 is 0 Å². The van der Waals surface area contributed by atoms with Gasteiger partial charge in [0.25, 0.3) is 0 Å². The Morgan fingerprint density at radius 3 is 1.94 bits per heavy atom. The van der Waals surface area contributed by atoms with Crippen molar-refractivity contribution in [3.63, 3.8) is 0 Å². The van der Waals surface area contributed by atoms with Gasteiger partial charge in [-0.1, -0.05) is 91.0 Å². The van der Waals surface area contributed by atoms with Crippen molar-refractivity contribution in [3.8, 4) is 39.9 Å². The first-order chi connectivity index (χ1) is 25.3. The normalized spacial score (nSPS) is 11.9. The van der Waals surface area contributed by atoms with Gasteiger partial charge in [-0.2, -0.15) is 0 Å². The third-order valence-electron chi connectivity index (χ3n) is 9.71. The van der Waals surface area contributed by atoms with Crippen molar-refractivity contribution >= 4 is 65.8 Å². The smallest absolute Gasteiger partial charge is 0.164 e. The topological polar surface area (TPSA) is 82.8 Å². The summed E-state index contributed by atoms with van der Waals surface area (Å²) in [4.78, 5) is 19.9. The minimum atomic E-state index is 0.576. The van der Waals surface area contributed by atoms with E-state index in [0.29, 0.717) is 17.5 Å². The van der Waals surface area contributed by atoms with Crippen LogP contribution in [0.2, 0.25) is 0 Å². The molecule has 7 heteroatoms. The molecule has 0 aliphatic rings. The Morgan fingerprint density at radius 2 is 1.14 bits per heavy atom. The van der Waals surface area contributed by atoms with Crippen molar-refractivity contribution in [2.45, 2.75) is 0 Å². The van der Waals surface area contributed by atoms with Crippen LogP contribution >= 0.6 is 0 Å². The minimum Gasteiger partial charge on any atom is -0.456 e. The number of fused-ring (bicyclic) bond motifs is 10. The van der Waals surface area contributed by atoms with Gasteiger partial charge < -0.3 is 8.83 Å². The molecule has 7 nitrogen and oxygen atoms in total. The molecule has 0 bridgehead atoms. The van der Waals surface area contributed by atoms with Gasteiger partial charge in [0.2, 0.25) is 0 Å². The lowest BCUT2D eigenvalue weighted by atomic mass is 10.0. The van der Waals surface area contributed by atoms with Crippen LogP contribution in [0.25, 0.3) is 106 Å². The summed E-state index contributed by atoms with van der Waals surface area (Å²) in [7, 11) is 0. The lowest BCUT2D eigenvalue weighted by Gasteiger charge is -2.10. The van der Waals surface area contributed by atoms with Crippen molar-refractivity contribution in [1.82, 2.24) is 24.5 Å². The van der Waals surface area contributed by atoms with E-state index in [2.05, 4.69) is 47.0 Å². The summed E-state index contributed by atoms with van der Waals surface area (Å²) in [6.45, 7) is 0. The molecule has 0 N–H and O–H groups in total. The molecule has 11 aromatic rings. The lowest BCUT2D eigenvalue weighted by molar-refractivity contribution is 0.669. The molecule has 0 aliphatic carbocycles. The van der Waals surface area contributed by atoms with Crippen LogP contribution in [0, 0.1) is 0 Å². The van der Waals surface area contributed by atoms with Crippen LogP contribution in [0.4, 0.5) is 0 Å². The third-order valence-corrected chi connectivity index (χ3v) is 9.71. The average molecular weight is 656 g/mol. The molecule has 5 heterocycles. The molecule has 0 aliphatic heterocycles. The third kappa shape index (κ3) is 4.18. The number of aromatic nitrogens is 5. The number of pyridine rings is 1. The van der Waals surface area contributed by atoms with Crippen molar-refractivity contribution in [1.29, 1.82) is 0 Å². The largest absolute Gasteiger partial charge is 0.456 e. The highest BCUT2D eigenvalue weighted by molar-refractivity contribution is 6.23. The lowest BCUT2D eigenvalue weighted by Crippen LogP contribution is -2.00. The first-order valence-corrected chi connectivity index (χ1v) is 16.8. The van der Waals surface area contributed by atoms with E-state index in [4.69, 9.17) is 28.8 Å². The molecular formula is C44H25N5O2. The fraction of sp³-hybridized carbons (Fsp3) is 0. The number of hydrogen-bond acceptors (Lipinski definition) is 6. The van der Waals surface area contributed by atoms with Gasteiger partial charge in [-0.05, 0) is 54.6 Å². The van der Waals surface area contributed by atoms with Crippen molar-refractivity contribution in [2.75, 3.05) is 0 Å². The Balaban J connectivity index is 1.17. The van der Waals surface area contributed by atoms with E-state index in [9.17, 15) is 0 Å². The maximum atomic E-state index is 6.51. The second-order valence-electron chi connectivity index (χ2n) is 12.6. The van der Waals surface area contributed by atoms with E-state index in [1.165, 1.54) is 0 Å². The van der Waals surface area contributed by atoms with Crippen molar-refractivity contribution in [2.24, 2.45) is 0 Å². The number of rotatable bonds is 4. The second-order valence-corrected chi connectivity index (χ2v) is 12.6. The molecule has 0 saturated heterocycles. The maximum Gasteiger partial charge on any atom is 0.164 e. The zero-order valence-corrected chi connectivity index (χ0v) is 27.0. The van der Waals surface area contributed by atoms with Gasteiger partial charge in [-0.25, -0.2) is 19.9 Å². The van der Waals surface area contributed by atoms with E-state index >= 15 is 0 Å². The number of benzene rings is 6. The van der Waals surface area contributed by atoms with Crippen LogP contribution in [0.1, 0.15) is 0 Å². The monoisotopic (exact) mass is 655 g/mol. The molecular weight excluding hydrogens is 631 g/mol. The van der Waals surface area contributed by atoms with E-state index in [0.717, 1.165) is 88.2 Å².